The summed E-state index contributed by atoms with van der Waals surface area (Å²) in [4.78, 5) is 13.7. The van der Waals surface area contributed by atoms with Gasteiger partial charge in [-0.15, -0.1) is 0 Å². The maximum absolute atomic E-state index is 11.1. The van der Waals surface area contributed by atoms with E-state index in [-0.39, 0.29) is 11.0 Å². The Kier molecular flexibility index (Phi) is 5.12. The van der Waals surface area contributed by atoms with Crippen LogP contribution in [-0.2, 0) is 6.54 Å². The second-order valence-corrected chi connectivity index (χ2v) is 5.75. The highest BCUT2D eigenvalue weighted by Gasteiger charge is 2.17. The highest BCUT2D eigenvalue weighted by Crippen LogP contribution is 2.25. The van der Waals surface area contributed by atoms with Crippen molar-refractivity contribution in [2.24, 2.45) is 5.41 Å². The number of nitrogens with zero attached hydrogens (tertiary/aromatic N) is 1. The van der Waals surface area contributed by atoms with E-state index in [1.54, 1.807) is 6.20 Å². The van der Waals surface area contributed by atoms with Crippen molar-refractivity contribution in [3.05, 3.63) is 27.4 Å². The number of hydrogen-bond acceptors (Lipinski definition) is 2. The average Bonchev–Trinajstić information content (AvgIpc) is 2.22. The molecule has 4 heteroatoms. The molecule has 0 unspecified atom stereocenters. The number of rotatable bonds is 6. The third-order valence-corrected chi connectivity index (χ3v) is 3.29. The van der Waals surface area contributed by atoms with Crippen LogP contribution in [0.5, 0.6) is 0 Å². The van der Waals surface area contributed by atoms with Gasteiger partial charge in [-0.3, -0.25) is 9.78 Å². The summed E-state index contributed by atoms with van der Waals surface area (Å²) in [5, 5.41) is 0. The van der Waals surface area contributed by atoms with Gasteiger partial charge in [0.25, 0.3) is 5.56 Å². The smallest absolute Gasteiger partial charge is 0.251 e. The van der Waals surface area contributed by atoms with Crippen molar-refractivity contribution in [2.45, 2.75) is 53.0 Å². The van der Waals surface area contributed by atoms with Crippen molar-refractivity contribution in [3.63, 3.8) is 0 Å². The fraction of sp³-hybridized carbons (Fsp3) is 0.692. The quantitative estimate of drug-likeness (QED) is 0.623. The first kappa shape index (κ1) is 14.2. The largest absolute Gasteiger partial charge is 0.325 e. The van der Waals surface area contributed by atoms with Crippen molar-refractivity contribution in [3.8, 4) is 0 Å². The standard InChI is InChI=1S/C13H22N2OS/c1-4-5-6-8-13(2,3)10-15-9-7-11(16)14-12(15)17/h7,9H,4-6,8,10H2,1-3H3,(H,14,16,17). The predicted molar refractivity (Wildman–Crippen MR) is 73.8 cm³/mol. The van der Waals surface area contributed by atoms with Crippen LogP contribution in [0, 0.1) is 10.2 Å². The van der Waals surface area contributed by atoms with Gasteiger partial charge in [-0.25, -0.2) is 0 Å². The zero-order chi connectivity index (χ0) is 12.9. The summed E-state index contributed by atoms with van der Waals surface area (Å²) in [6, 6.07) is 1.53. The van der Waals surface area contributed by atoms with E-state index in [4.69, 9.17) is 12.2 Å². The Labute approximate surface area is 108 Å². The SMILES string of the molecule is CCCCCC(C)(C)Cn1ccc(=O)[nH]c1=S. The number of H-pyrrole nitrogens is 1. The number of nitrogens with one attached hydrogen (secondary N) is 1. The molecule has 1 aromatic rings. The molecule has 1 aromatic heterocycles. The molecular weight excluding hydrogens is 232 g/mol. The van der Waals surface area contributed by atoms with Gasteiger partial charge in [-0.2, -0.15) is 0 Å². The molecule has 0 saturated heterocycles. The summed E-state index contributed by atoms with van der Waals surface area (Å²) in [6.07, 6.45) is 6.74. The first-order valence-corrected chi connectivity index (χ1v) is 6.65. The first-order chi connectivity index (χ1) is 7.94. The molecule has 0 atom stereocenters. The van der Waals surface area contributed by atoms with Gasteiger partial charge in [0, 0.05) is 18.8 Å². The number of unbranched alkanes of at least 4 members (excludes halogenated alkanes) is 2. The summed E-state index contributed by atoms with van der Waals surface area (Å²) in [6.45, 7) is 7.56. The van der Waals surface area contributed by atoms with Crippen LogP contribution in [-0.4, -0.2) is 9.55 Å². The highest BCUT2D eigenvalue weighted by atomic mass is 32.1. The molecule has 0 spiro atoms. The first-order valence-electron chi connectivity index (χ1n) is 6.24. The molecule has 0 fully saturated rings. The minimum absolute atomic E-state index is 0.130. The molecule has 0 aliphatic carbocycles. The van der Waals surface area contributed by atoms with Crippen molar-refractivity contribution in [1.82, 2.24) is 9.55 Å². The summed E-state index contributed by atoms with van der Waals surface area (Å²) in [5.74, 6) is 0. The van der Waals surface area contributed by atoms with Crippen molar-refractivity contribution in [1.29, 1.82) is 0 Å². The average molecular weight is 254 g/mol. The lowest BCUT2D eigenvalue weighted by Gasteiger charge is -2.25. The number of aromatic amines is 1. The molecular formula is C13H22N2OS. The summed E-state index contributed by atoms with van der Waals surface area (Å²) in [7, 11) is 0. The van der Waals surface area contributed by atoms with Crippen LogP contribution >= 0.6 is 12.2 Å². The van der Waals surface area contributed by atoms with E-state index >= 15 is 0 Å². The second kappa shape index (κ2) is 6.15. The zero-order valence-electron chi connectivity index (χ0n) is 11.0. The Bertz CT molecular complexity index is 459. The molecule has 96 valence electrons. The molecule has 0 amide bonds. The van der Waals surface area contributed by atoms with E-state index in [9.17, 15) is 4.79 Å². The topological polar surface area (TPSA) is 37.8 Å². The van der Waals surface area contributed by atoms with Crippen molar-refractivity contribution in [2.75, 3.05) is 0 Å². The second-order valence-electron chi connectivity index (χ2n) is 5.36. The number of hydrogen-bond donors (Lipinski definition) is 1. The van der Waals surface area contributed by atoms with Crippen LogP contribution in [0.15, 0.2) is 17.1 Å². The molecule has 0 aliphatic heterocycles. The maximum Gasteiger partial charge on any atom is 0.251 e. The Balaban J connectivity index is 2.69. The highest BCUT2D eigenvalue weighted by molar-refractivity contribution is 7.71. The number of aromatic nitrogens is 2. The summed E-state index contributed by atoms with van der Waals surface area (Å²) in [5.41, 5.74) is 0.0843. The van der Waals surface area contributed by atoms with Crippen LogP contribution in [0.4, 0.5) is 0 Å². The van der Waals surface area contributed by atoms with Gasteiger partial charge >= 0.3 is 0 Å². The molecule has 1 N–H and O–H groups in total. The summed E-state index contributed by atoms with van der Waals surface area (Å²) < 4.78 is 2.46. The minimum atomic E-state index is -0.130. The Morgan fingerprint density at radius 2 is 2.12 bits per heavy atom. The minimum Gasteiger partial charge on any atom is -0.325 e. The van der Waals surface area contributed by atoms with Gasteiger partial charge in [-0.1, -0.05) is 40.0 Å². The summed E-state index contributed by atoms with van der Waals surface area (Å²) >= 11 is 5.15. The molecule has 3 nitrogen and oxygen atoms in total. The van der Waals surface area contributed by atoms with Crippen LogP contribution in [0.2, 0.25) is 0 Å². The molecule has 0 bridgehead atoms. The molecule has 1 rings (SSSR count). The lowest BCUT2D eigenvalue weighted by atomic mass is 9.87. The fourth-order valence-electron chi connectivity index (χ4n) is 1.96. The monoisotopic (exact) mass is 254 g/mol. The van der Waals surface area contributed by atoms with Gasteiger partial charge in [-0.05, 0) is 24.1 Å². The normalized spacial score (nSPS) is 11.7. The Morgan fingerprint density at radius 3 is 2.71 bits per heavy atom. The molecule has 0 aliphatic rings. The lowest BCUT2D eigenvalue weighted by molar-refractivity contribution is 0.268. The molecule has 0 saturated carbocycles. The van der Waals surface area contributed by atoms with Crippen LogP contribution in [0.3, 0.4) is 0 Å². The van der Waals surface area contributed by atoms with Gasteiger partial charge in [0.15, 0.2) is 4.77 Å². The van der Waals surface area contributed by atoms with E-state index in [1.165, 1.54) is 31.7 Å². The van der Waals surface area contributed by atoms with Crippen LogP contribution in [0.1, 0.15) is 46.5 Å². The molecule has 1 heterocycles. The third-order valence-electron chi connectivity index (χ3n) is 2.95. The van der Waals surface area contributed by atoms with Crippen molar-refractivity contribution >= 4 is 12.2 Å². The lowest BCUT2D eigenvalue weighted by Crippen LogP contribution is -2.22. The zero-order valence-corrected chi connectivity index (χ0v) is 11.8. The van der Waals surface area contributed by atoms with Gasteiger partial charge in [0.2, 0.25) is 0 Å². The molecule has 0 aromatic carbocycles. The van der Waals surface area contributed by atoms with Crippen molar-refractivity contribution < 1.29 is 0 Å². The van der Waals surface area contributed by atoms with Gasteiger partial charge < -0.3 is 4.57 Å². The van der Waals surface area contributed by atoms with E-state index in [2.05, 4.69) is 25.8 Å². The third kappa shape index (κ3) is 4.86. The van der Waals surface area contributed by atoms with Gasteiger partial charge in [0.05, 0.1) is 0 Å². The van der Waals surface area contributed by atoms with E-state index in [0.717, 1.165) is 6.54 Å². The predicted octanol–water partition coefficient (Wildman–Crippen LogP) is 3.51. The van der Waals surface area contributed by atoms with Crippen LogP contribution in [0.25, 0.3) is 0 Å². The van der Waals surface area contributed by atoms with E-state index < -0.39 is 0 Å². The molecule has 17 heavy (non-hydrogen) atoms. The molecule has 0 radical (unpaired) electrons. The Hall–Kier alpha value is -0.900. The van der Waals surface area contributed by atoms with Gasteiger partial charge in [0.1, 0.15) is 0 Å². The Morgan fingerprint density at radius 1 is 1.41 bits per heavy atom. The van der Waals surface area contributed by atoms with E-state index in [1.807, 2.05) is 4.57 Å². The van der Waals surface area contributed by atoms with Crippen LogP contribution < -0.4 is 5.56 Å². The fourth-order valence-corrected chi connectivity index (χ4v) is 2.19. The maximum atomic E-state index is 11.1. The van der Waals surface area contributed by atoms with E-state index in [0.29, 0.717) is 4.77 Å².